The Morgan fingerprint density at radius 3 is 1.87 bits per heavy atom. The molecule has 0 aliphatic carbocycles. The number of benzene rings is 2. The number of rotatable bonds is 5. The number of carboxylic acid groups (broad SMARTS) is 1. The molecule has 30 heavy (non-hydrogen) atoms. The average molecular weight is 431 g/mol. The Kier molecular flexibility index (Phi) is 6.12. The van der Waals surface area contributed by atoms with Crippen molar-refractivity contribution in [1.82, 2.24) is 4.90 Å². The monoisotopic (exact) mass is 431 g/mol. The smallest absolute Gasteiger partial charge is 0.416 e. The molecule has 2 aromatic rings. The Balaban J connectivity index is 1.81. The molecule has 0 amide bonds. The van der Waals surface area contributed by atoms with E-state index in [4.69, 9.17) is 5.11 Å². The van der Waals surface area contributed by atoms with Gasteiger partial charge in [0, 0.05) is 25.6 Å². The number of nitrogens with zero attached hydrogens (tertiary/aromatic N) is 1. The molecule has 1 unspecified atom stereocenters. The van der Waals surface area contributed by atoms with Crippen LogP contribution in [0.3, 0.4) is 0 Å². The Hall–Kier alpha value is -2.55. The maximum absolute atomic E-state index is 12.8. The second-order valence-corrected chi connectivity index (χ2v) is 7.46. The predicted molar refractivity (Wildman–Crippen MR) is 96.4 cm³/mol. The molecule has 1 N–H and O–H groups in total. The summed E-state index contributed by atoms with van der Waals surface area (Å²) in [4.78, 5) is 13.0. The summed E-state index contributed by atoms with van der Waals surface area (Å²) < 4.78 is 76.7. The number of hydrogen-bond donors (Lipinski definition) is 1. The van der Waals surface area contributed by atoms with Crippen LogP contribution in [0.25, 0.3) is 0 Å². The van der Waals surface area contributed by atoms with Crippen molar-refractivity contribution in [2.75, 3.05) is 6.54 Å². The zero-order valence-electron chi connectivity index (χ0n) is 15.7. The SMILES string of the molecule is O=C(O)C[C@@H]1CC(c2ccc(C(F)(F)F)cc2)N(Cc2ccc(C(F)(F)F)cc2)C1. The fourth-order valence-electron chi connectivity index (χ4n) is 3.84. The van der Waals surface area contributed by atoms with Crippen LogP contribution in [-0.4, -0.2) is 22.5 Å². The van der Waals surface area contributed by atoms with Gasteiger partial charge in [-0.2, -0.15) is 26.3 Å². The highest BCUT2D eigenvalue weighted by Gasteiger charge is 2.36. The van der Waals surface area contributed by atoms with Crippen molar-refractivity contribution in [2.45, 2.75) is 37.8 Å². The molecule has 162 valence electrons. The minimum atomic E-state index is -4.46. The van der Waals surface area contributed by atoms with E-state index in [2.05, 4.69) is 0 Å². The highest BCUT2D eigenvalue weighted by Crippen LogP contribution is 2.39. The maximum Gasteiger partial charge on any atom is 0.416 e. The summed E-state index contributed by atoms with van der Waals surface area (Å²) in [5.74, 6) is -1.17. The highest BCUT2D eigenvalue weighted by molar-refractivity contribution is 5.67. The molecular formula is C21H19F6NO2. The van der Waals surface area contributed by atoms with E-state index in [-0.39, 0.29) is 24.9 Å². The zero-order chi connectivity index (χ0) is 22.1. The lowest BCUT2D eigenvalue weighted by Crippen LogP contribution is -2.24. The fourth-order valence-corrected chi connectivity index (χ4v) is 3.84. The van der Waals surface area contributed by atoms with Crippen LogP contribution in [0.1, 0.15) is 41.1 Å². The number of halogens is 6. The van der Waals surface area contributed by atoms with Crippen LogP contribution in [0.15, 0.2) is 48.5 Å². The molecule has 1 saturated heterocycles. The summed E-state index contributed by atoms with van der Waals surface area (Å²) in [7, 11) is 0. The van der Waals surface area contributed by atoms with Gasteiger partial charge in [-0.1, -0.05) is 24.3 Å². The molecule has 0 spiro atoms. The number of carbonyl (C=O) groups is 1. The van der Waals surface area contributed by atoms with Crippen molar-refractivity contribution in [3.05, 3.63) is 70.8 Å². The largest absolute Gasteiger partial charge is 0.481 e. The zero-order valence-corrected chi connectivity index (χ0v) is 15.7. The first-order valence-corrected chi connectivity index (χ1v) is 9.22. The molecule has 0 saturated carbocycles. The highest BCUT2D eigenvalue weighted by atomic mass is 19.4. The van der Waals surface area contributed by atoms with Gasteiger partial charge in [-0.05, 0) is 47.7 Å². The molecule has 1 fully saturated rings. The third kappa shape index (κ3) is 5.33. The van der Waals surface area contributed by atoms with Crippen LogP contribution in [0.5, 0.6) is 0 Å². The molecule has 1 heterocycles. The van der Waals surface area contributed by atoms with Crippen molar-refractivity contribution in [3.8, 4) is 0 Å². The van der Waals surface area contributed by atoms with E-state index in [0.29, 0.717) is 24.1 Å². The van der Waals surface area contributed by atoms with E-state index in [1.54, 1.807) is 0 Å². The summed E-state index contributed by atoms with van der Waals surface area (Å²) in [6.45, 7) is 0.652. The van der Waals surface area contributed by atoms with Gasteiger partial charge >= 0.3 is 18.3 Å². The summed E-state index contributed by atoms with van der Waals surface area (Å²) >= 11 is 0. The van der Waals surface area contributed by atoms with Crippen LogP contribution >= 0.6 is 0 Å². The second kappa shape index (κ2) is 8.29. The molecule has 3 nitrogen and oxygen atoms in total. The van der Waals surface area contributed by atoms with Gasteiger partial charge < -0.3 is 5.11 Å². The quantitative estimate of drug-likeness (QED) is 0.612. The van der Waals surface area contributed by atoms with Crippen molar-refractivity contribution < 1.29 is 36.2 Å². The van der Waals surface area contributed by atoms with Gasteiger partial charge in [0.25, 0.3) is 0 Å². The van der Waals surface area contributed by atoms with Crippen LogP contribution < -0.4 is 0 Å². The van der Waals surface area contributed by atoms with Gasteiger partial charge in [0.1, 0.15) is 0 Å². The Morgan fingerprint density at radius 2 is 1.40 bits per heavy atom. The van der Waals surface area contributed by atoms with Crippen LogP contribution in [0.4, 0.5) is 26.3 Å². The summed E-state index contributed by atoms with van der Waals surface area (Å²) in [5, 5.41) is 9.09. The molecule has 2 aromatic carbocycles. The van der Waals surface area contributed by atoms with Crippen LogP contribution in [-0.2, 0) is 23.7 Å². The molecule has 3 rings (SSSR count). The van der Waals surface area contributed by atoms with Gasteiger partial charge in [-0.25, -0.2) is 0 Å². The first kappa shape index (κ1) is 22.1. The molecule has 9 heteroatoms. The lowest BCUT2D eigenvalue weighted by molar-refractivity contribution is -0.138. The molecule has 2 atom stereocenters. The lowest BCUT2D eigenvalue weighted by Gasteiger charge is -2.25. The Bertz CT molecular complexity index is 874. The lowest BCUT2D eigenvalue weighted by atomic mass is 9.97. The molecule has 0 aromatic heterocycles. The van der Waals surface area contributed by atoms with Crippen molar-refractivity contribution in [2.24, 2.45) is 5.92 Å². The van der Waals surface area contributed by atoms with E-state index in [9.17, 15) is 31.1 Å². The number of hydrogen-bond acceptors (Lipinski definition) is 2. The first-order valence-electron chi connectivity index (χ1n) is 9.22. The van der Waals surface area contributed by atoms with E-state index < -0.39 is 29.4 Å². The normalized spacial score (nSPS) is 20.5. The van der Waals surface area contributed by atoms with Crippen molar-refractivity contribution >= 4 is 5.97 Å². The summed E-state index contributed by atoms with van der Waals surface area (Å²) in [5.41, 5.74) is -0.324. The molecule has 1 aliphatic rings. The standard InChI is InChI=1S/C21H19F6NO2/c22-20(23,24)16-5-1-13(2-6-16)11-28-12-14(10-19(29)30)9-18(28)15-3-7-17(8-4-15)21(25,26)27/h1-8,14,18H,9-12H2,(H,29,30)/t14-,18?/m0/s1. The Labute approximate surface area is 168 Å². The Morgan fingerprint density at radius 1 is 0.900 bits per heavy atom. The van der Waals surface area contributed by atoms with Gasteiger partial charge in [0.15, 0.2) is 0 Å². The number of carboxylic acids is 1. The van der Waals surface area contributed by atoms with E-state index in [0.717, 1.165) is 24.3 Å². The first-order chi connectivity index (χ1) is 13.9. The van der Waals surface area contributed by atoms with Crippen molar-refractivity contribution in [3.63, 3.8) is 0 Å². The predicted octanol–water partition coefficient (Wildman–Crippen LogP) is 5.76. The number of aliphatic carboxylic acids is 1. The van der Waals surface area contributed by atoms with E-state index in [1.165, 1.54) is 24.3 Å². The topological polar surface area (TPSA) is 40.5 Å². The molecule has 1 aliphatic heterocycles. The molecular weight excluding hydrogens is 412 g/mol. The fraction of sp³-hybridized carbons (Fsp3) is 0.381. The number of alkyl halides is 6. The molecule has 0 radical (unpaired) electrons. The minimum Gasteiger partial charge on any atom is -0.481 e. The number of likely N-dealkylation sites (tertiary alicyclic amines) is 1. The van der Waals surface area contributed by atoms with Gasteiger partial charge in [-0.15, -0.1) is 0 Å². The van der Waals surface area contributed by atoms with Crippen LogP contribution in [0, 0.1) is 5.92 Å². The molecule has 0 bridgehead atoms. The van der Waals surface area contributed by atoms with Gasteiger partial charge in [-0.3, -0.25) is 9.69 Å². The van der Waals surface area contributed by atoms with E-state index in [1.807, 2.05) is 4.90 Å². The minimum absolute atomic E-state index is 0.0827. The third-order valence-corrected chi connectivity index (χ3v) is 5.24. The van der Waals surface area contributed by atoms with Crippen molar-refractivity contribution in [1.29, 1.82) is 0 Å². The average Bonchev–Trinajstić information content (AvgIpc) is 3.02. The second-order valence-electron chi connectivity index (χ2n) is 7.46. The van der Waals surface area contributed by atoms with Gasteiger partial charge in [0.05, 0.1) is 11.1 Å². The third-order valence-electron chi connectivity index (χ3n) is 5.24. The van der Waals surface area contributed by atoms with Crippen LogP contribution in [0.2, 0.25) is 0 Å². The summed E-state index contributed by atoms with van der Waals surface area (Å²) in [6.07, 6.45) is -8.54. The van der Waals surface area contributed by atoms with Gasteiger partial charge in [0.2, 0.25) is 0 Å². The van der Waals surface area contributed by atoms with E-state index >= 15 is 0 Å². The summed E-state index contributed by atoms with van der Waals surface area (Å²) in [6, 6.07) is 9.06. The maximum atomic E-state index is 12.8.